The maximum atomic E-state index is 11.7. The molecular formula is C21H20N2O6. The van der Waals surface area contributed by atoms with Crippen LogP contribution in [0.15, 0.2) is 65.2 Å². The van der Waals surface area contributed by atoms with E-state index in [9.17, 15) is 9.59 Å². The number of carbonyl (C=O) groups excluding carboxylic acids is 2. The summed E-state index contributed by atoms with van der Waals surface area (Å²) in [6.07, 6.45) is 0. The van der Waals surface area contributed by atoms with Gasteiger partial charge < -0.3 is 24.1 Å². The number of hydrogen-bond acceptors (Lipinski definition) is 7. The first-order valence-corrected chi connectivity index (χ1v) is 8.87. The lowest BCUT2D eigenvalue weighted by atomic mass is 10.2. The molecule has 0 aliphatic carbocycles. The van der Waals surface area contributed by atoms with Gasteiger partial charge in [-0.15, -0.1) is 0 Å². The Morgan fingerprint density at radius 2 is 1.66 bits per heavy atom. The standard InChI is InChI=1S/C21H20N2O6/c1-15-11-19(23-29-15)22-20(24)13-28-21(25)14-27-18-9-7-17(8-10-18)26-12-16-5-3-2-4-6-16/h2-11H,12-14H2,1H3,(H,22,23,24). The van der Waals surface area contributed by atoms with Gasteiger partial charge in [0.05, 0.1) is 0 Å². The zero-order chi connectivity index (χ0) is 20.5. The number of nitrogens with zero attached hydrogens (tertiary/aromatic N) is 1. The Morgan fingerprint density at radius 3 is 2.31 bits per heavy atom. The van der Waals surface area contributed by atoms with E-state index in [-0.39, 0.29) is 12.4 Å². The van der Waals surface area contributed by atoms with Gasteiger partial charge in [-0.1, -0.05) is 35.5 Å². The molecule has 0 aliphatic rings. The zero-order valence-electron chi connectivity index (χ0n) is 15.8. The Hall–Kier alpha value is -3.81. The molecule has 150 valence electrons. The van der Waals surface area contributed by atoms with Gasteiger partial charge >= 0.3 is 5.97 Å². The van der Waals surface area contributed by atoms with Gasteiger partial charge in [-0.2, -0.15) is 0 Å². The average molecular weight is 396 g/mol. The van der Waals surface area contributed by atoms with E-state index in [1.807, 2.05) is 30.3 Å². The molecule has 0 radical (unpaired) electrons. The lowest BCUT2D eigenvalue weighted by Gasteiger charge is -2.09. The highest BCUT2D eigenvalue weighted by Gasteiger charge is 2.10. The number of nitrogens with one attached hydrogen (secondary N) is 1. The van der Waals surface area contributed by atoms with E-state index in [0.29, 0.717) is 23.9 Å². The minimum absolute atomic E-state index is 0.259. The molecule has 0 saturated carbocycles. The Bertz CT molecular complexity index is 937. The van der Waals surface area contributed by atoms with Gasteiger partial charge in [-0.25, -0.2) is 4.79 Å². The van der Waals surface area contributed by atoms with Gasteiger partial charge in [0.25, 0.3) is 5.91 Å². The number of benzene rings is 2. The number of amides is 1. The number of rotatable bonds is 9. The fourth-order valence-corrected chi connectivity index (χ4v) is 2.31. The molecule has 0 fully saturated rings. The molecule has 0 atom stereocenters. The maximum Gasteiger partial charge on any atom is 0.344 e. The average Bonchev–Trinajstić information content (AvgIpc) is 3.15. The second-order valence-corrected chi connectivity index (χ2v) is 6.07. The highest BCUT2D eigenvalue weighted by Crippen LogP contribution is 2.18. The fourth-order valence-electron chi connectivity index (χ4n) is 2.31. The number of hydrogen-bond donors (Lipinski definition) is 1. The minimum atomic E-state index is -0.666. The van der Waals surface area contributed by atoms with E-state index < -0.39 is 18.5 Å². The molecule has 0 bridgehead atoms. The second-order valence-electron chi connectivity index (χ2n) is 6.07. The molecular weight excluding hydrogens is 376 g/mol. The number of aryl methyl sites for hydroxylation is 1. The van der Waals surface area contributed by atoms with Crippen molar-refractivity contribution in [3.63, 3.8) is 0 Å². The molecule has 0 aliphatic heterocycles. The van der Waals surface area contributed by atoms with Crippen LogP contribution in [0.25, 0.3) is 0 Å². The van der Waals surface area contributed by atoms with Crippen molar-refractivity contribution in [2.24, 2.45) is 0 Å². The number of anilines is 1. The third-order valence-corrected chi connectivity index (χ3v) is 3.69. The molecule has 8 nitrogen and oxygen atoms in total. The third-order valence-electron chi connectivity index (χ3n) is 3.69. The zero-order valence-corrected chi connectivity index (χ0v) is 15.8. The minimum Gasteiger partial charge on any atom is -0.489 e. The summed E-state index contributed by atoms with van der Waals surface area (Å²) in [5, 5.41) is 6.06. The quantitative estimate of drug-likeness (QED) is 0.555. The van der Waals surface area contributed by atoms with E-state index in [1.165, 1.54) is 0 Å². The first kappa shape index (κ1) is 19.9. The fraction of sp³-hybridized carbons (Fsp3) is 0.190. The maximum absolute atomic E-state index is 11.7. The normalized spacial score (nSPS) is 10.2. The Morgan fingerprint density at radius 1 is 0.966 bits per heavy atom. The van der Waals surface area contributed by atoms with E-state index in [4.69, 9.17) is 18.7 Å². The number of carbonyl (C=O) groups is 2. The highest BCUT2D eigenvalue weighted by molar-refractivity contribution is 5.91. The number of aromatic nitrogens is 1. The molecule has 1 heterocycles. The van der Waals surface area contributed by atoms with E-state index in [2.05, 4.69) is 10.5 Å². The SMILES string of the molecule is Cc1cc(NC(=O)COC(=O)COc2ccc(OCc3ccccc3)cc2)no1. The van der Waals surface area contributed by atoms with E-state index >= 15 is 0 Å². The van der Waals surface area contributed by atoms with Crippen LogP contribution in [-0.4, -0.2) is 30.2 Å². The smallest absolute Gasteiger partial charge is 0.344 e. The van der Waals surface area contributed by atoms with Crippen molar-refractivity contribution in [2.45, 2.75) is 13.5 Å². The van der Waals surface area contributed by atoms with Crippen molar-refractivity contribution in [3.8, 4) is 11.5 Å². The van der Waals surface area contributed by atoms with Crippen LogP contribution < -0.4 is 14.8 Å². The van der Waals surface area contributed by atoms with Crippen LogP contribution in [0, 0.1) is 6.92 Å². The van der Waals surface area contributed by atoms with Crippen molar-refractivity contribution >= 4 is 17.7 Å². The van der Waals surface area contributed by atoms with Crippen molar-refractivity contribution < 1.29 is 28.3 Å². The van der Waals surface area contributed by atoms with Crippen molar-refractivity contribution in [2.75, 3.05) is 18.5 Å². The molecule has 0 saturated heterocycles. The number of ether oxygens (including phenoxy) is 3. The third kappa shape index (κ3) is 6.69. The molecule has 0 unspecified atom stereocenters. The summed E-state index contributed by atoms with van der Waals surface area (Å²) in [6, 6.07) is 18.2. The largest absolute Gasteiger partial charge is 0.489 e. The monoisotopic (exact) mass is 396 g/mol. The van der Waals surface area contributed by atoms with Crippen molar-refractivity contribution in [1.82, 2.24) is 5.16 Å². The van der Waals surface area contributed by atoms with E-state index in [0.717, 1.165) is 5.56 Å². The van der Waals surface area contributed by atoms with Crippen LogP contribution in [0.1, 0.15) is 11.3 Å². The van der Waals surface area contributed by atoms with Crippen LogP contribution >= 0.6 is 0 Å². The summed E-state index contributed by atoms with van der Waals surface area (Å²) in [7, 11) is 0. The molecule has 1 amide bonds. The predicted octanol–water partition coefficient (Wildman–Crippen LogP) is 3.12. The van der Waals surface area contributed by atoms with Crippen molar-refractivity contribution in [1.29, 1.82) is 0 Å². The molecule has 3 aromatic rings. The first-order chi connectivity index (χ1) is 14.1. The first-order valence-electron chi connectivity index (χ1n) is 8.87. The summed E-state index contributed by atoms with van der Waals surface area (Å²) in [5.41, 5.74) is 1.07. The van der Waals surface area contributed by atoms with Gasteiger partial charge in [-0.05, 0) is 36.8 Å². The molecule has 2 aromatic carbocycles. The number of esters is 1. The molecule has 3 rings (SSSR count). The molecule has 1 N–H and O–H groups in total. The molecule has 0 spiro atoms. The van der Waals surface area contributed by atoms with Crippen LogP contribution in [-0.2, 0) is 20.9 Å². The Balaban J connectivity index is 1.35. The van der Waals surface area contributed by atoms with Crippen LogP contribution in [0.2, 0.25) is 0 Å². The lowest BCUT2D eigenvalue weighted by molar-refractivity contribution is -0.149. The van der Waals surface area contributed by atoms with Crippen LogP contribution in [0.5, 0.6) is 11.5 Å². The Kier molecular flexibility index (Phi) is 6.83. The van der Waals surface area contributed by atoms with Crippen LogP contribution in [0.3, 0.4) is 0 Å². The summed E-state index contributed by atoms with van der Waals surface area (Å²) in [6.45, 7) is 1.40. The van der Waals surface area contributed by atoms with E-state index in [1.54, 1.807) is 37.3 Å². The van der Waals surface area contributed by atoms with Crippen LogP contribution in [0.4, 0.5) is 5.82 Å². The molecule has 8 heteroatoms. The predicted molar refractivity (Wildman–Crippen MR) is 104 cm³/mol. The van der Waals surface area contributed by atoms with Gasteiger partial charge in [-0.3, -0.25) is 4.79 Å². The summed E-state index contributed by atoms with van der Waals surface area (Å²) >= 11 is 0. The molecule has 1 aromatic heterocycles. The van der Waals surface area contributed by atoms with Gasteiger partial charge in [0, 0.05) is 6.07 Å². The second kappa shape index (κ2) is 9.93. The summed E-state index contributed by atoms with van der Waals surface area (Å²) in [4.78, 5) is 23.4. The summed E-state index contributed by atoms with van der Waals surface area (Å²) < 4.78 is 20.7. The topological polar surface area (TPSA) is 99.9 Å². The molecule has 29 heavy (non-hydrogen) atoms. The van der Waals surface area contributed by atoms with Crippen molar-refractivity contribution in [3.05, 3.63) is 72.0 Å². The van der Waals surface area contributed by atoms with Gasteiger partial charge in [0.1, 0.15) is 23.9 Å². The summed E-state index contributed by atoms with van der Waals surface area (Å²) in [5.74, 6) is 0.795. The lowest BCUT2D eigenvalue weighted by Crippen LogP contribution is -2.23. The Labute approximate surface area is 167 Å². The van der Waals surface area contributed by atoms with Gasteiger partial charge in [0.2, 0.25) is 0 Å². The highest BCUT2D eigenvalue weighted by atomic mass is 16.6. The van der Waals surface area contributed by atoms with Gasteiger partial charge in [0.15, 0.2) is 19.0 Å².